The van der Waals surface area contributed by atoms with E-state index in [1.54, 1.807) is 0 Å². The molecule has 0 aromatic heterocycles. The Hall–Kier alpha value is -0.750. The summed E-state index contributed by atoms with van der Waals surface area (Å²) in [5.41, 5.74) is 9.43. The number of halogens is 1. The average molecular weight is 373 g/mol. The van der Waals surface area contributed by atoms with Crippen molar-refractivity contribution < 1.29 is 9.53 Å². The number of thioether (sulfide) groups is 1. The summed E-state index contributed by atoms with van der Waals surface area (Å²) in [6.45, 7) is 7.85. The van der Waals surface area contributed by atoms with E-state index in [0.717, 1.165) is 29.8 Å². The molecule has 1 heterocycles. The quantitative estimate of drug-likeness (QED) is 0.798. The van der Waals surface area contributed by atoms with Gasteiger partial charge in [0.05, 0.1) is 6.04 Å². The number of carbonyl (C=O) groups excluding carboxylic acids is 1. The molecule has 136 valence electrons. The smallest absolute Gasteiger partial charge is 0.241 e. The van der Waals surface area contributed by atoms with Crippen molar-refractivity contribution in [3.05, 3.63) is 29.3 Å². The first-order valence-electron chi connectivity index (χ1n) is 8.33. The fraction of sp³-hybridized carbons (Fsp3) is 0.611. The summed E-state index contributed by atoms with van der Waals surface area (Å²) in [5.74, 6) is 1.08. The van der Waals surface area contributed by atoms with Gasteiger partial charge in [-0.25, -0.2) is 0 Å². The maximum absolute atomic E-state index is 12.5. The van der Waals surface area contributed by atoms with E-state index in [1.165, 1.54) is 5.56 Å². The lowest BCUT2D eigenvalue weighted by Crippen LogP contribution is -2.44. The summed E-state index contributed by atoms with van der Waals surface area (Å²) in [4.78, 5) is 12.5. The number of hydrogen-bond donors (Lipinski definition) is 2. The number of amides is 1. The average Bonchev–Trinajstić information content (AvgIpc) is 2.55. The van der Waals surface area contributed by atoms with Crippen LogP contribution in [-0.4, -0.2) is 30.4 Å². The van der Waals surface area contributed by atoms with Gasteiger partial charge in [-0.15, -0.1) is 12.4 Å². The van der Waals surface area contributed by atoms with Crippen LogP contribution in [0.15, 0.2) is 18.2 Å². The van der Waals surface area contributed by atoms with Gasteiger partial charge in [0, 0.05) is 24.7 Å². The monoisotopic (exact) mass is 372 g/mol. The van der Waals surface area contributed by atoms with Crippen LogP contribution in [-0.2, 0) is 15.3 Å². The van der Waals surface area contributed by atoms with Crippen molar-refractivity contribution in [1.29, 1.82) is 0 Å². The summed E-state index contributed by atoms with van der Waals surface area (Å²) >= 11 is 1.90. The third-order valence-electron chi connectivity index (χ3n) is 4.35. The maximum atomic E-state index is 12.5. The van der Waals surface area contributed by atoms with Crippen LogP contribution in [0.4, 0.5) is 5.69 Å². The molecule has 1 atom stereocenters. The predicted octanol–water partition coefficient (Wildman–Crippen LogP) is 3.75. The number of benzene rings is 1. The molecule has 1 aliphatic heterocycles. The van der Waals surface area contributed by atoms with Gasteiger partial charge in [0.15, 0.2) is 0 Å². The molecule has 1 saturated heterocycles. The highest BCUT2D eigenvalue weighted by Gasteiger charge is 2.26. The molecule has 1 aliphatic rings. The van der Waals surface area contributed by atoms with Crippen molar-refractivity contribution in [2.45, 2.75) is 50.7 Å². The van der Waals surface area contributed by atoms with Crippen LogP contribution in [0, 0.1) is 12.8 Å². The number of rotatable bonds is 6. The molecule has 4 nitrogen and oxygen atoms in total. The lowest BCUT2D eigenvalue weighted by Gasteiger charge is -2.27. The fourth-order valence-electron chi connectivity index (χ4n) is 2.74. The molecule has 1 fully saturated rings. The van der Waals surface area contributed by atoms with Crippen molar-refractivity contribution in [3.8, 4) is 0 Å². The van der Waals surface area contributed by atoms with Gasteiger partial charge >= 0.3 is 0 Å². The first kappa shape index (κ1) is 21.3. The molecule has 3 N–H and O–H groups in total. The molecule has 1 amide bonds. The van der Waals surface area contributed by atoms with Gasteiger partial charge in [0.2, 0.25) is 5.91 Å². The van der Waals surface area contributed by atoms with E-state index >= 15 is 0 Å². The Kier molecular flexibility index (Phi) is 9.13. The SMILES string of the molecule is Cc1c(CSC(C)C)cccc1NC(=O)C(N)C1CCOCC1.Cl. The molecule has 1 unspecified atom stereocenters. The normalized spacial score (nSPS) is 16.5. The minimum Gasteiger partial charge on any atom is -0.381 e. The van der Waals surface area contributed by atoms with Crippen LogP contribution in [0.1, 0.15) is 37.8 Å². The molecule has 6 heteroatoms. The molecule has 0 saturated carbocycles. The summed E-state index contributed by atoms with van der Waals surface area (Å²) in [5, 5.41) is 3.61. The summed E-state index contributed by atoms with van der Waals surface area (Å²) in [6.07, 6.45) is 1.72. The Morgan fingerprint density at radius 2 is 2.04 bits per heavy atom. The Labute approximate surface area is 155 Å². The summed E-state index contributed by atoms with van der Waals surface area (Å²) in [6, 6.07) is 5.61. The van der Waals surface area contributed by atoms with Gasteiger partial charge in [-0.2, -0.15) is 11.8 Å². The van der Waals surface area contributed by atoms with E-state index in [2.05, 4.69) is 32.2 Å². The van der Waals surface area contributed by atoms with Gasteiger partial charge in [0.25, 0.3) is 0 Å². The highest BCUT2D eigenvalue weighted by Crippen LogP contribution is 2.25. The van der Waals surface area contributed by atoms with E-state index in [1.807, 2.05) is 23.9 Å². The second-order valence-electron chi connectivity index (χ2n) is 6.41. The largest absolute Gasteiger partial charge is 0.381 e. The topological polar surface area (TPSA) is 64.4 Å². The number of nitrogens with two attached hydrogens (primary N) is 1. The number of ether oxygens (including phenoxy) is 1. The molecule has 0 spiro atoms. The first-order chi connectivity index (χ1) is 11.0. The van der Waals surface area contributed by atoms with Crippen LogP contribution in [0.2, 0.25) is 0 Å². The van der Waals surface area contributed by atoms with Crippen LogP contribution in [0.25, 0.3) is 0 Å². The zero-order valence-corrected chi connectivity index (χ0v) is 16.3. The van der Waals surface area contributed by atoms with Crippen molar-refractivity contribution in [2.75, 3.05) is 18.5 Å². The molecule has 1 aromatic rings. The van der Waals surface area contributed by atoms with E-state index in [4.69, 9.17) is 10.5 Å². The Balaban J connectivity index is 0.00000288. The van der Waals surface area contributed by atoms with Crippen molar-refractivity contribution in [2.24, 2.45) is 11.7 Å². The predicted molar refractivity (Wildman–Crippen MR) is 105 cm³/mol. The molecule has 0 bridgehead atoms. The standard InChI is InChI=1S/C18H28N2O2S.ClH/c1-12(2)23-11-15-5-4-6-16(13(15)3)20-18(21)17(19)14-7-9-22-10-8-14;/h4-6,12,14,17H,7-11,19H2,1-3H3,(H,20,21);1H. The molecular formula is C18H29ClN2O2S. The Morgan fingerprint density at radius 3 is 2.67 bits per heavy atom. The number of nitrogens with one attached hydrogen (secondary N) is 1. The van der Waals surface area contributed by atoms with Gasteiger partial charge in [-0.3, -0.25) is 4.79 Å². The zero-order chi connectivity index (χ0) is 16.8. The molecule has 2 rings (SSSR count). The second kappa shape index (κ2) is 10.3. The van der Waals surface area contributed by atoms with E-state index < -0.39 is 6.04 Å². The third-order valence-corrected chi connectivity index (χ3v) is 5.50. The van der Waals surface area contributed by atoms with Gasteiger partial charge < -0.3 is 15.8 Å². The minimum absolute atomic E-state index is 0. The Bertz CT molecular complexity index is 534. The van der Waals surface area contributed by atoms with E-state index in [9.17, 15) is 4.79 Å². The number of carbonyl (C=O) groups is 1. The summed E-state index contributed by atoms with van der Waals surface area (Å²) < 4.78 is 5.34. The molecule has 1 aromatic carbocycles. The second-order valence-corrected chi connectivity index (χ2v) is 7.98. The minimum atomic E-state index is -0.466. The number of anilines is 1. The lowest BCUT2D eigenvalue weighted by atomic mass is 9.91. The van der Waals surface area contributed by atoms with E-state index in [-0.39, 0.29) is 24.2 Å². The van der Waals surface area contributed by atoms with Crippen molar-refractivity contribution in [3.63, 3.8) is 0 Å². The van der Waals surface area contributed by atoms with Crippen LogP contribution in [0.5, 0.6) is 0 Å². The molecule has 0 radical (unpaired) electrons. The number of hydrogen-bond acceptors (Lipinski definition) is 4. The van der Waals surface area contributed by atoms with Crippen LogP contribution in [0.3, 0.4) is 0 Å². The molecule has 0 aliphatic carbocycles. The fourth-order valence-corrected chi connectivity index (χ4v) is 3.56. The van der Waals surface area contributed by atoms with Crippen molar-refractivity contribution in [1.82, 2.24) is 0 Å². The van der Waals surface area contributed by atoms with Crippen LogP contribution >= 0.6 is 24.2 Å². The van der Waals surface area contributed by atoms with Gasteiger partial charge in [-0.1, -0.05) is 26.0 Å². The van der Waals surface area contributed by atoms with Crippen LogP contribution < -0.4 is 11.1 Å². The first-order valence-corrected chi connectivity index (χ1v) is 9.38. The van der Waals surface area contributed by atoms with Crippen molar-refractivity contribution >= 4 is 35.8 Å². The van der Waals surface area contributed by atoms with E-state index in [0.29, 0.717) is 18.5 Å². The highest BCUT2D eigenvalue weighted by molar-refractivity contribution is 7.99. The van der Waals surface area contributed by atoms with Gasteiger partial charge in [-0.05, 0) is 48.1 Å². The lowest BCUT2D eigenvalue weighted by molar-refractivity contribution is -0.119. The Morgan fingerprint density at radius 1 is 1.38 bits per heavy atom. The zero-order valence-electron chi connectivity index (χ0n) is 14.7. The molecular weight excluding hydrogens is 344 g/mol. The maximum Gasteiger partial charge on any atom is 0.241 e. The highest BCUT2D eigenvalue weighted by atomic mass is 35.5. The summed E-state index contributed by atoms with van der Waals surface area (Å²) in [7, 11) is 0. The molecule has 24 heavy (non-hydrogen) atoms. The van der Waals surface area contributed by atoms with Gasteiger partial charge in [0.1, 0.15) is 0 Å². The third kappa shape index (κ3) is 5.96.